The maximum absolute atomic E-state index is 6.12. The fourth-order valence-corrected chi connectivity index (χ4v) is 1.92. The molecule has 2 N–H and O–H groups in total. The van der Waals surface area contributed by atoms with Gasteiger partial charge >= 0.3 is 0 Å². The van der Waals surface area contributed by atoms with Crippen LogP contribution < -0.4 is 5.73 Å². The SMILES string of the molecule is NC(c1ccncc1)c1cc(Cl)ccc1Cl. The van der Waals surface area contributed by atoms with Gasteiger partial charge in [0.1, 0.15) is 0 Å². The Morgan fingerprint density at radius 2 is 1.75 bits per heavy atom. The molecule has 0 saturated heterocycles. The molecule has 0 saturated carbocycles. The van der Waals surface area contributed by atoms with Crippen molar-refractivity contribution in [2.45, 2.75) is 6.04 Å². The predicted octanol–water partition coefficient (Wildman–Crippen LogP) is 3.44. The molecule has 2 aromatic rings. The van der Waals surface area contributed by atoms with Crippen molar-refractivity contribution in [1.82, 2.24) is 4.98 Å². The number of halogens is 2. The Balaban J connectivity index is 2.41. The molecule has 1 atom stereocenters. The molecule has 0 spiro atoms. The van der Waals surface area contributed by atoms with E-state index >= 15 is 0 Å². The van der Waals surface area contributed by atoms with Crippen LogP contribution in [0.4, 0.5) is 0 Å². The maximum atomic E-state index is 6.12. The lowest BCUT2D eigenvalue weighted by Crippen LogP contribution is -2.12. The van der Waals surface area contributed by atoms with Crippen LogP contribution in [0.2, 0.25) is 10.0 Å². The third kappa shape index (κ3) is 2.35. The highest BCUT2D eigenvalue weighted by molar-refractivity contribution is 6.33. The van der Waals surface area contributed by atoms with Gasteiger partial charge in [-0.1, -0.05) is 23.2 Å². The van der Waals surface area contributed by atoms with E-state index in [0.717, 1.165) is 11.1 Å². The first-order valence-corrected chi connectivity index (χ1v) is 5.54. The second-order valence-electron chi connectivity index (χ2n) is 3.42. The number of nitrogens with zero attached hydrogens (tertiary/aromatic N) is 1. The number of nitrogens with two attached hydrogens (primary N) is 1. The van der Waals surface area contributed by atoms with E-state index in [4.69, 9.17) is 28.9 Å². The van der Waals surface area contributed by atoms with Crippen molar-refractivity contribution in [3.8, 4) is 0 Å². The Labute approximate surface area is 104 Å². The fourth-order valence-electron chi connectivity index (χ4n) is 1.50. The maximum Gasteiger partial charge on any atom is 0.0568 e. The van der Waals surface area contributed by atoms with E-state index in [1.54, 1.807) is 30.6 Å². The Kier molecular flexibility index (Phi) is 3.44. The zero-order valence-electron chi connectivity index (χ0n) is 8.40. The summed E-state index contributed by atoms with van der Waals surface area (Å²) >= 11 is 12.0. The monoisotopic (exact) mass is 252 g/mol. The topological polar surface area (TPSA) is 38.9 Å². The van der Waals surface area contributed by atoms with Crippen LogP contribution in [0.15, 0.2) is 42.7 Å². The minimum atomic E-state index is -0.283. The highest BCUT2D eigenvalue weighted by Gasteiger charge is 2.12. The first-order chi connectivity index (χ1) is 7.68. The number of rotatable bonds is 2. The molecular formula is C12H10Cl2N2. The standard InChI is InChI=1S/C12H10Cl2N2/c13-9-1-2-11(14)10(7-9)12(15)8-3-5-16-6-4-8/h1-7,12H,15H2. The lowest BCUT2D eigenvalue weighted by molar-refractivity contribution is 0.868. The smallest absolute Gasteiger partial charge is 0.0568 e. The van der Waals surface area contributed by atoms with Crippen molar-refractivity contribution in [3.05, 3.63) is 63.9 Å². The van der Waals surface area contributed by atoms with E-state index in [2.05, 4.69) is 4.98 Å². The van der Waals surface area contributed by atoms with Crippen LogP contribution in [0.1, 0.15) is 17.2 Å². The fraction of sp³-hybridized carbons (Fsp3) is 0.0833. The summed E-state index contributed by atoms with van der Waals surface area (Å²) in [6, 6.07) is 8.72. The molecule has 0 amide bonds. The van der Waals surface area contributed by atoms with Crippen LogP contribution in [-0.2, 0) is 0 Å². The first kappa shape index (κ1) is 11.4. The van der Waals surface area contributed by atoms with Crippen LogP contribution >= 0.6 is 23.2 Å². The zero-order valence-corrected chi connectivity index (χ0v) is 9.91. The summed E-state index contributed by atoms with van der Waals surface area (Å²) in [4.78, 5) is 3.95. The predicted molar refractivity (Wildman–Crippen MR) is 66.7 cm³/mol. The van der Waals surface area contributed by atoms with Crippen molar-refractivity contribution in [1.29, 1.82) is 0 Å². The second kappa shape index (κ2) is 4.83. The number of benzene rings is 1. The summed E-state index contributed by atoms with van der Waals surface area (Å²) < 4.78 is 0. The molecular weight excluding hydrogens is 243 g/mol. The molecule has 0 aliphatic rings. The average molecular weight is 253 g/mol. The summed E-state index contributed by atoms with van der Waals surface area (Å²) in [6.07, 6.45) is 3.40. The van der Waals surface area contributed by atoms with Crippen molar-refractivity contribution < 1.29 is 0 Å². The van der Waals surface area contributed by atoms with Crippen LogP contribution in [0, 0.1) is 0 Å². The van der Waals surface area contributed by atoms with Crippen LogP contribution in [-0.4, -0.2) is 4.98 Å². The summed E-state index contributed by atoms with van der Waals surface area (Å²) in [5.41, 5.74) is 7.89. The zero-order chi connectivity index (χ0) is 11.5. The Morgan fingerprint density at radius 3 is 2.44 bits per heavy atom. The van der Waals surface area contributed by atoms with Gasteiger partial charge in [0, 0.05) is 22.4 Å². The first-order valence-electron chi connectivity index (χ1n) is 4.79. The Morgan fingerprint density at radius 1 is 1.06 bits per heavy atom. The molecule has 4 heteroatoms. The largest absolute Gasteiger partial charge is 0.320 e. The van der Waals surface area contributed by atoms with E-state index < -0.39 is 0 Å². The average Bonchev–Trinajstić information content (AvgIpc) is 2.32. The van der Waals surface area contributed by atoms with E-state index in [-0.39, 0.29) is 6.04 Å². The molecule has 0 bridgehead atoms. The summed E-state index contributed by atoms with van der Waals surface area (Å²) in [5, 5.41) is 1.25. The summed E-state index contributed by atoms with van der Waals surface area (Å²) in [6.45, 7) is 0. The van der Waals surface area contributed by atoms with Gasteiger partial charge in [0.15, 0.2) is 0 Å². The molecule has 0 aliphatic carbocycles. The van der Waals surface area contributed by atoms with Gasteiger partial charge in [0.05, 0.1) is 6.04 Å². The van der Waals surface area contributed by atoms with Gasteiger partial charge in [-0.15, -0.1) is 0 Å². The van der Waals surface area contributed by atoms with Gasteiger partial charge in [-0.3, -0.25) is 4.98 Å². The number of aromatic nitrogens is 1. The molecule has 16 heavy (non-hydrogen) atoms. The second-order valence-corrected chi connectivity index (χ2v) is 4.27. The van der Waals surface area contributed by atoms with E-state index in [1.165, 1.54) is 0 Å². The lowest BCUT2D eigenvalue weighted by Gasteiger charge is -2.14. The highest BCUT2D eigenvalue weighted by atomic mass is 35.5. The highest BCUT2D eigenvalue weighted by Crippen LogP contribution is 2.28. The minimum absolute atomic E-state index is 0.283. The van der Waals surface area contributed by atoms with Crippen molar-refractivity contribution in [3.63, 3.8) is 0 Å². The van der Waals surface area contributed by atoms with Crippen LogP contribution in [0.5, 0.6) is 0 Å². The third-order valence-electron chi connectivity index (χ3n) is 2.36. The molecule has 2 rings (SSSR count). The summed E-state index contributed by atoms with van der Waals surface area (Å²) in [7, 11) is 0. The number of hydrogen-bond donors (Lipinski definition) is 1. The molecule has 0 fully saturated rings. The minimum Gasteiger partial charge on any atom is -0.320 e. The van der Waals surface area contributed by atoms with E-state index in [1.807, 2.05) is 12.1 Å². The molecule has 82 valence electrons. The van der Waals surface area contributed by atoms with Gasteiger partial charge in [0.25, 0.3) is 0 Å². The molecule has 0 radical (unpaired) electrons. The summed E-state index contributed by atoms with van der Waals surface area (Å²) in [5.74, 6) is 0. The van der Waals surface area contributed by atoms with Crippen molar-refractivity contribution in [2.75, 3.05) is 0 Å². The van der Waals surface area contributed by atoms with E-state index in [9.17, 15) is 0 Å². The molecule has 1 aromatic carbocycles. The molecule has 1 unspecified atom stereocenters. The van der Waals surface area contributed by atoms with Gasteiger partial charge in [-0.05, 0) is 41.5 Å². The number of hydrogen-bond acceptors (Lipinski definition) is 2. The van der Waals surface area contributed by atoms with Gasteiger partial charge in [-0.25, -0.2) is 0 Å². The number of pyridine rings is 1. The Hall–Kier alpha value is -1.09. The molecule has 1 aromatic heterocycles. The normalized spacial score (nSPS) is 12.4. The van der Waals surface area contributed by atoms with Gasteiger partial charge in [0.2, 0.25) is 0 Å². The van der Waals surface area contributed by atoms with Crippen molar-refractivity contribution in [2.24, 2.45) is 5.73 Å². The molecule has 2 nitrogen and oxygen atoms in total. The van der Waals surface area contributed by atoms with Gasteiger partial charge < -0.3 is 5.73 Å². The molecule has 1 heterocycles. The van der Waals surface area contributed by atoms with Crippen LogP contribution in [0.3, 0.4) is 0 Å². The lowest BCUT2D eigenvalue weighted by atomic mass is 10.0. The van der Waals surface area contributed by atoms with E-state index in [0.29, 0.717) is 10.0 Å². The third-order valence-corrected chi connectivity index (χ3v) is 2.94. The van der Waals surface area contributed by atoms with Crippen molar-refractivity contribution >= 4 is 23.2 Å². The van der Waals surface area contributed by atoms with Crippen LogP contribution in [0.25, 0.3) is 0 Å². The van der Waals surface area contributed by atoms with Gasteiger partial charge in [-0.2, -0.15) is 0 Å². The Bertz CT molecular complexity index is 486. The quantitative estimate of drug-likeness (QED) is 0.890. The molecule has 0 aliphatic heterocycles.